The van der Waals surface area contributed by atoms with Crippen molar-refractivity contribution in [2.24, 2.45) is 4.99 Å². The van der Waals surface area contributed by atoms with E-state index in [2.05, 4.69) is 4.99 Å². The van der Waals surface area contributed by atoms with E-state index in [0.29, 0.717) is 5.56 Å². The monoisotopic (exact) mass is 181 g/mol. The molecule has 0 heterocycles. The fraction of sp³-hybridized carbons (Fsp3) is 0.222. The first-order chi connectivity index (χ1) is 6.09. The summed E-state index contributed by atoms with van der Waals surface area (Å²) >= 11 is 0. The van der Waals surface area contributed by atoms with E-state index in [9.17, 15) is 5.11 Å². The van der Waals surface area contributed by atoms with Crippen LogP contribution in [0, 0.1) is 0 Å². The van der Waals surface area contributed by atoms with E-state index in [4.69, 9.17) is 10.2 Å². The lowest BCUT2D eigenvalue weighted by atomic mass is 10.2. The van der Waals surface area contributed by atoms with Crippen molar-refractivity contribution in [2.75, 3.05) is 0 Å². The van der Waals surface area contributed by atoms with Gasteiger partial charge in [-0.2, -0.15) is 0 Å². The molecule has 1 rings (SSSR count). The van der Waals surface area contributed by atoms with Gasteiger partial charge >= 0.3 is 0 Å². The Morgan fingerprint density at radius 3 is 2.69 bits per heavy atom. The summed E-state index contributed by atoms with van der Waals surface area (Å²) in [5, 5.41) is 27.2. The van der Waals surface area contributed by atoms with Gasteiger partial charge in [-0.15, -0.1) is 0 Å². The summed E-state index contributed by atoms with van der Waals surface area (Å²) in [6, 6.07) is 4.09. The molecule has 0 aliphatic rings. The van der Waals surface area contributed by atoms with Crippen LogP contribution >= 0.6 is 0 Å². The van der Waals surface area contributed by atoms with Crippen LogP contribution in [0.2, 0.25) is 0 Å². The zero-order valence-electron chi connectivity index (χ0n) is 7.18. The second-order valence-corrected chi connectivity index (χ2v) is 2.65. The van der Waals surface area contributed by atoms with Gasteiger partial charge < -0.3 is 15.3 Å². The second-order valence-electron chi connectivity index (χ2n) is 2.65. The smallest absolute Gasteiger partial charge is 0.142 e. The van der Waals surface area contributed by atoms with E-state index in [-0.39, 0.29) is 11.5 Å². The molecule has 0 aliphatic carbocycles. The first-order valence-corrected chi connectivity index (χ1v) is 3.83. The molecule has 0 bridgehead atoms. The van der Waals surface area contributed by atoms with Gasteiger partial charge in [-0.25, -0.2) is 0 Å². The molecular formula is C9H11NO3. The third-order valence-electron chi connectivity index (χ3n) is 1.44. The maximum absolute atomic E-state index is 9.26. The van der Waals surface area contributed by atoms with E-state index in [1.807, 2.05) is 0 Å². The zero-order chi connectivity index (χ0) is 9.84. The van der Waals surface area contributed by atoms with Crippen LogP contribution in [-0.4, -0.2) is 27.8 Å². The van der Waals surface area contributed by atoms with Gasteiger partial charge in [-0.1, -0.05) is 0 Å². The highest BCUT2D eigenvalue weighted by Gasteiger charge is 1.99. The molecule has 0 aromatic heterocycles. The highest BCUT2D eigenvalue weighted by atomic mass is 16.3. The topological polar surface area (TPSA) is 73.1 Å². The van der Waals surface area contributed by atoms with E-state index >= 15 is 0 Å². The molecule has 1 aromatic rings. The lowest BCUT2D eigenvalue weighted by molar-refractivity contribution is 0.206. The predicted octanol–water partition coefficient (Wildman–Crippen LogP) is 0.855. The minimum absolute atomic E-state index is 0.0159. The van der Waals surface area contributed by atoms with Crippen LogP contribution in [0.25, 0.3) is 0 Å². The third-order valence-corrected chi connectivity index (χ3v) is 1.44. The SMILES string of the molecule is CC(O)N=Cc1cc(O)ccc1O. The number of benzene rings is 1. The largest absolute Gasteiger partial charge is 0.508 e. The van der Waals surface area contributed by atoms with Crippen molar-refractivity contribution in [1.82, 2.24) is 0 Å². The van der Waals surface area contributed by atoms with Gasteiger partial charge in [0.15, 0.2) is 0 Å². The van der Waals surface area contributed by atoms with Crippen LogP contribution in [0.5, 0.6) is 11.5 Å². The number of rotatable bonds is 2. The van der Waals surface area contributed by atoms with Gasteiger partial charge in [0, 0.05) is 11.8 Å². The van der Waals surface area contributed by atoms with Crippen LogP contribution in [0.3, 0.4) is 0 Å². The molecule has 0 amide bonds. The quantitative estimate of drug-likeness (QED) is 0.468. The van der Waals surface area contributed by atoms with Crippen LogP contribution < -0.4 is 0 Å². The van der Waals surface area contributed by atoms with Crippen molar-refractivity contribution in [1.29, 1.82) is 0 Å². The van der Waals surface area contributed by atoms with Crippen LogP contribution in [0.4, 0.5) is 0 Å². The number of aliphatic hydroxyl groups is 1. The molecule has 4 nitrogen and oxygen atoms in total. The van der Waals surface area contributed by atoms with Crippen molar-refractivity contribution in [3.63, 3.8) is 0 Å². The molecule has 13 heavy (non-hydrogen) atoms. The fourth-order valence-electron chi connectivity index (χ4n) is 0.833. The van der Waals surface area contributed by atoms with Gasteiger partial charge in [0.2, 0.25) is 0 Å². The molecule has 0 saturated heterocycles. The summed E-state index contributed by atoms with van der Waals surface area (Å²) in [5.74, 6) is 0.0621. The molecule has 1 atom stereocenters. The Bertz CT molecular complexity index is 321. The lowest BCUT2D eigenvalue weighted by Gasteiger charge is -1.99. The van der Waals surface area contributed by atoms with E-state index in [0.717, 1.165) is 0 Å². The Hall–Kier alpha value is -1.55. The third kappa shape index (κ3) is 2.76. The molecule has 4 heteroatoms. The van der Waals surface area contributed by atoms with Crippen LogP contribution in [0.1, 0.15) is 12.5 Å². The fourth-order valence-corrected chi connectivity index (χ4v) is 0.833. The summed E-state index contributed by atoms with van der Waals surface area (Å²) in [6.07, 6.45) is 0.487. The van der Waals surface area contributed by atoms with Crippen molar-refractivity contribution in [3.8, 4) is 11.5 Å². The number of phenolic OH excluding ortho intramolecular Hbond substituents is 2. The molecular weight excluding hydrogens is 170 g/mol. The normalized spacial score (nSPS) is 13.4. The molecule has 1 unspecified atom stereocenters. The van der Waals surface area contributed by atoms with Crippen molar-refractivity contribution < 1.29 is 15.3 Å². The maximum atomic E-state index is 9.26. The standard InChI is InChI=1S/C9H11NO3/c1-6(11)10-5-7-4-8(12)2-3-9(7)13/h2-6,11-13H,1H3. The maximum Gasteiger partial charge on any atom is 0.142 e. The van der Waals surface area contributed by atoms with Gasteiger partial charge in [-0.3, -0.25) is 4.99 Å². The van der Waals surface area contributed by atoms with E-state index < -0.39 is 6.23 Å². The van der Waals surface area contributed by atoms with Gasteiger partial charge in [0.05, 0.1) is 0 Å². The molecule has 0 spiro atoms. The molecule has 0 radical (unpaired) electrons. The van der Waals surface area contributed by atoms with Gasteiger partial charge in [0.1, 0.15) is 17.7 Å². The Morgan fingerprint density at radius 2 is 2.08 bits per heavy atom. The number of aliphatic imine (C=N–C) groups is 1. The van der Waals surface area contributed by atoms with E-state index in [1.165, 1.54) is 31.3 Å². The average Bonchev–Trinajstić information content (AvgIpc) is 2.06. The number of hydrogen-bond acceptors (Lipinski definition) is 4. The zero-order valence-corrected chi connectivity index (χ0v) is 7.18. The van der Waals surface area contributed by atoms with Crippen molar-refractivity contribution in [2.45, 2.75) is 13.2 Å². The van der Waals surface area contributed by atoms with Crippen LogP contribution in [-0.2, 0) is 0 Å². The number of aliphatic hydroxyl groups excluding tert-OH is 1. The highest BCUT2D eigenvalue weighted by molar-refractivity contribution is 5.84. The summed E-state index contributed by atoms with van der Waals surface area (Å²) in [6.45, 7) is 1.50. The molecule has 3 N–H and O–H groups in total. The summed E-state index contributed by atoms with van der Waals surface area (Å²) < 4.78 is 0. The molecule has 0 fully saturated rings. The highest BCUT2D eigenvalue weighted by Crippen LogP contribution is 2.20. The number of phenols is 2. The van der Waals surface area contributed by atoms with Crippen LogP contribution in [0.15, 0.2) is 23.2 Å². The van der Waals surface area contributed by atoms with Crippen molar-refractivity contribution >= 4 is 6.21 Å². The first-order valence-electron chi connectivity index (χ1n) is 3.83. The Balaban J connectivity index is 2.93. The molecule has 70 valence electrons. The predicted molar refractivity (Wildman–Crippen MR) is 49.0 cm³/mol. The van der Waals surface area contributed by atoms with Crippen molar-refractivity contribution in [3.05, 3.63) is 23.8 Å². The Kier molecular flexibility index (Phi) is 2.87. The average molecular weight is 181 g/mol. The molecule has 0 aliphatic heterocycles. The number of nitrogens with zero attached hydrogens (tertiary/aromatic N) is 1. The number of hydrogen-bond donors (Lipinski definition) is 3. The Labute approximate surface area is 75.8 Å². The minimum atomic E-state index is -0.818. The minimum Gasteiger partial charge on any atom is -0.508 e. The first kappa shape index (κ1) is 9.54. The van der Waals surface area contributed by atoms with Gasteiger partial charge in [0.25, 0.3) is 0 Å². The Morgan fingerprint density at radius 1 is 1.38 bits per heavy atom. The molecule has 1 aromatic carbocycles. The molecule has 0 saturated carbocycles. The van der Waals surface area contributed by atoms with E-state index in [1.54, 1.807) is 0 Å². The summed E-state index contributed by atoms with van der Waals surface area (Å²) in [7, 11) is 0. The second kappa shape index (κ2) is 3.91. The lowest BCUT2D eigenvalue weighted by Crippen LogP contribution is -1.94. The summed E-state index contributed by atoms with van der Waals surface area (Å²) in [4.78, 5) is 3.66. The number of aromatic hydroxyl groups is 2. The summed E-state index contributed by atoms with van der Waals surface area (Å²) in [5.41, 5.74) is 0.376. The van der Waals surface area contributed by atoms with Gasteiger partial charge in [-0.05, 0) is 25.1 Å².